The van der Waals surface area contributed by atoms with Crippen LogP contribution in [0.4, 0.5) is 0 Å². The molecule has 0 bridgehead atoms. The summed E-state index contributed by atoms with van der Waals surface area (Å²) in [6.45, 7) is 1.07. The zero-order valence-corrected chi connectivity index (χ0v) is 7.86. The number of oxazole rings is 1. The number of nitrogens with one attached hydrogen (secondary N) is 1. The molecule has 0 aliphatic carbocycles. The molecule has 0 radical (unpaired) electrons. The van der Waals surface area contributed by atoms with Crippen LogP contribution in [0.5, 0.6) is 0 Å². The van der Waals surface area contributed by atoms with Crippen LogP contribution in [-0.4, -0.2) is 11.5 Å². The third-order valence-electron chi connectivity index (χ3n) is 2.67. The summed E-state index contributed by atoms with van der Waals surface area (Å²) < 4.78 is 5.68. The van der Waals surface area contributed by atoms with Crippen molar-refractivity contribution >= 4 is 11.1 Å². The monoisotopic (exact) mass is 188 g/mol. The predicted octanol–water partition coefficient (Wildman–Crippen LogP) is 2.25. The minimum Gasteiger partial charge on any atom is -0.439 e. The number of hydrogen-bond acceptors (Lipinski definition) is 3. The average Bonchev–Trinajstić information content (AvgIpc) is 2.86. The van der Waals surface area contributed by atoms with Crippen LogP contribution in [0.1, 0.15) is 24.8 Å². The van der Waals surface area contributed by atoms with Crippen molar-refractivity contribution in [3.8, 4) is 0 Å². The predicted molar refractivity (Wildman–Crippen MR) is 54.0 cm³/mol. The first-order valence-corrected chi connectivity index (χ1v) is 5.02. The van der Waals surface area contributed by atoms with Crippen LogP contribution in [0.3, 0.4) is 0 Å². The molecule has 1 aromatic heterocycles. The molecule has 0 amide bonds. The Morgan fingerprint density at radius 3 is 3.07 bits per heavy atom. The van der Waals surface area contributed by atoms with Crippen LogP contribution < -0.4 is 5.32 Å². The summed E-state index contributed by atoms with van der Waals surface area (Å²) >= 11 is 0. The van der Waals surface area contributed by atoms with Gasteiger partial charge in [-0.25, -0.2) is 4.98 Å². The van der Waals surface area contributed by atoms with Gasteiger partial charge in [-0.2, -0.15) is 0 Å². The molecule has 1 aliphatic heterocycles. The second-order valence-corrected chi connectivity index (χ2v) is 3.67. The summed E-state index contributed by atoms with van der Waals surface area (Å²) in [6, 6.07) is 8.22. The molecular weight excluding hydrogens is 176 g/mol. The van der Waals surface area contributed by atoms with E-state index in [4.69, 9.17) is 4.42 Å². The molecule has 0 spiro atoms. The van der Waals surface area contributed by atoms with Gasteiger partial charge in [0.15, 0.2) is 5.58 Å². The summed E-state index contributed by atoms with van der Waals surface area (Å²) in [6.07, 6.45) is 2.34. The summed E-state index contributed by atoms with van der Waals surface area (Å²) in [5.41, 5.74) is 1.84. The highest BCUT2D eigenvalue weighted by Crippen LogP contribution is 2.25. The van der Waals surface area contributed by atoms with Crippen LogP contribution in [0.15, 0.2) is 28.7 Å². The SMILES string of the molecule is c1ccc2oc(C3CCCN3)nc2c1. The molecule has 3 nitrogen and oxygen atoms in total. The maximum atomic E-state index is 5.68. The second-order valence-electron chi connectivity index (χ2n) is 3.67. The second kappa shape index (κ2) is 3.10. The molecule has 1 aliphatic rings. The van der Waals surface area contributed by atoms with Gasteiger partial charge in [-0.05, 0) is 31.5 Å². The van der Waals surface area contributed by atoms with Crippen molar-refractivity contribution in [3.05, 3.63) is 30.2 Å². The number of aromatic nitrogens is 1. The Balaban J connectivity index is 2.05. The van der Waals surface area contributed by atoms with Crippen molar-refractivity contribution in [1.82, 2.24) is 10.3 Å². The Kier molecular flexibility index (Phi) is 1.77. The third kappa shape index (κ3) is 1.21. The molecule has 14 heavy (non-hydrogen) atoms. The molecular formula is C11H12N2O. The first kappa shape index (κ1) is 8.00. The normalized spacial score (nSPS) is 21.9. The van der Waals surface area contributed by atoms with Crippen molar-refractivity contribution in [2.45, 2.75) is 18.9 Å². The highest BCUT2D eigenvalue weighted by atomic mass is 16.3. The lowest BCUT2D eigenvalue weighted by atomic mass is 10.2. The van der Waals surface area contributed by atoms with Gasteiger partial charge in [-0.15, -0.1) is 0 Å². The number of fused-ring (bicyclic) bond motifs is 1. The quantitative estimate of drug-likeness (QED) is 0.745. The first-order chi connectivity index (χ1) is 6.93. The van der Waals surface area contributed by atoms with Gasteiger partial charge in [0.1, 0.15) is 5.52 Å². The van der Waals surface area contributed by atoms with Crippen LogP contribution in [-0.2, 0) is 0 Å². The van der Waals surface area contributed by atoms with E-state index in [0.717, 1.165) is 30.0 Å². The Hall–Kier alpha value is -1.35. The zero-order chi connectivity index (χ0) is 9.38. The molecule has 1 aromatic carbocycles. The van der Waals surface area contributed by atoms with Gasteiger partial charge >= 0.3 is 0 Å². The van der Waals surface area contributed by atoms with E-state index in [1.807, 2.05) is 24.3 Å². The van der Waals surface area contributed by atoms with E-state index in [1.165, 1.54) is 6.42 Å². The fourth-order valence-electron chi connectivity index (χ4n) is 1.93. The smallest absolute Gasteiger partial charge is 0.212 e. The maximum absolute atomic E-state index is 5.68. The molecule has 0 saturated carbocycles. The van der Waals surface area contributed by atoms with Gasteiger partial charge in [0, 0.05) is 0 Å². The Labute approximate surface area is 82.1 Å². The molecule has 2 aromatic rings. The largest absolute Gasteiger partial charge is 0.439 e. The lowest BCUT2D eigenvalue weighted by molar-refractivity contribution is 0.452. The van der Waals surface area contributed by atoms with E-state index in [9.17, 15) is 0 Å². The van der Waals surface area contributed by atoms with Crippen molar-refractivity contribution in [2.24, 2.45) is 0 Å². The molecule has 3 heteroatoms. The number of hydrogen-bond donors (Lipinski definition) is 1. The molecule has 1 unspecified atom stereocenters. The Morgan fingerprint density at radius 1 is 1.36 bits per heavy atom. The molecule has 1 saturated heterocycles. The minimum atomic E-state index is 0.322. The van der Waals surface area contributed by atoms with Gasteiger partial charge in [-0.1, -0.05) is 12.1 Å². The fourth-order valence-corrected chi connectivity index (χ4v) is 1.93. The van der Waals surface area contributed by atoms with E-state index >= 15 is 0 Å². The van der Waals surface area contributed by atoms with Crippen LogP contribution in [0.25, 0.3) is 11.1 Å². The molecule has 1 atom stereocenters. The van der Waals surface area contributed by atoms with Gasteiger partial charge in [0.2, 0.25) is 5.89 Å². The first-order valence-electron chi connectivity index (χ1n) is 5.02. The number of benzene rings is 1. The average molecular weight is 188 g/mol. The highest BCUT2D eigenvalue weighted by molar-refractivity contribution is 5.72. The molecule has 3 rings (SSSR count). The van der Waals surface area contributed by atoms with Crippen molar-refractivity contribution < 1.29 is 4.42 Å². The van der Waals surface area contributed by atoms with Crippen LogP contribution in [0.2, 0.25) is 0 Å². The van der Waals surface area contributed by atoms with E-state index in [1.54, 1.807) is 0 Å². The topological polar surface area (TPSA) is 38.1 Å². The Bertz CT molecular complexity index is 410. The van der Waals surface area contributed by atoms with Crippen molar-refractivity contribution in [3.63, 3.8) is 0 Å². The lowest BCUT2D eigenvalue weighted by Crippen LogP contribution is -2.12. The van der Waals surface area contributed by atoms with E-state index in [2.05, 4.69) is 10.3 Å². The van der Waals surface area contributed by atoms with Crippen molar-refractivity contribution in [1.29, 1.82) is 0 Å². The summed E-state index contributed by atoms with van der Waals surface area (Å²) in [5.74, 6) is 0.837. The fraction of sp³-hybridized carbons (Fsp3) is 0.364. The molecule has 72 valence electrons. The third-order valence-corrected chi connectivity index (χ3v) is 2.67. The number of rotatable bonds is 1. The number of nitrogens with zero attached hydrogens (tertiary/aromatic N) is 1. The molecule has 1 fully saturated rings. The van der Waals surface area contributed by atoms with Gasteiger partial charge in [0.25, 0.3) is 0 Å². The van der Waals surface area contributed by atoms with Gasteiger partial charge in [-0.3, -0.25) is 0 Å². The lowest BCUT2D eigenvalue weighted by Gasteiger charge is -2.02. The van der Waals surface area contributed by atoms with Crippen molar-refractivity contribution in [2.75, 3.05) is 6.54 Å². The molecule has 2 heterocycles. The highest BCUT2D eigenvalue weighted by Gasteiger charge is 2.21. The summed E-state index contributed by atoms with van der Waals surface area (Å²) in [4.78, 5) is 4.47. The number of para-hydroxylation sites is 2. The minimum absolute atomic E-state index is 0.322. The van der Waals surface area contributed by atoms with E-state index in [0.29, 0.717) is 6.04 Å². The Morgan fingerprint density at radius 2 is 2.29 bits per heavy atom. The maximum Gasteiger partial charge on any atom is 0.212 e. The zero-order valence-electron chi connectivity index (χ0n) is 7.86. The summed E-state index contributed by atoms with van der Waals surface area (Å²) in [5, 5.41) is 3.38. The molecule has 1 N–H and O–H groups in total. The van der Waals surface area contributed by atoms with Gasteiger partial charge in [0.05, 0.1) is 6.04 Å². The van der Waals surface area contributed by atoms with Gasteiger partial charge < -0.3 is 9.73 Å². The van der Waals surface area contributed by atoms with E-state index < -0.39 is 0 Å². The summed E-state index contributed by atoms with van der Waals surface area (Å²) in [7, 11) is 0. The standard InChI is InChI=1S/C11H12N2O/c1-2-6-10-8(4-1)13-11(14-10)9-5-3-7-12-9/h1-2,4,6,9,12H,3,5,7H2. The van der Waals surface area contributed by atoms with E-state index in [-0.39, 0.29) is 0 Å². The van der Waals surface area contributed by atoms with Crippen LogP contribution >= 0.6 is 0 Å². The van der Waals surface area contributed by atoms with Crippen LogP contribution in [0, 0.1) is 0 Å².